The van der Waals surface area contributed by atoms with Crippen molar-refractivity contribution in [2.75, 3.05) is 32.1 Å². The lowest BCUT2D eigenvalue weighted by Gasteiger charge is -2.26. The van der Waals surface area contributed by atoms with Crippen molar-refractivity contribution in [2.24, 2.45) is 0 Å². The summed E-state index contributed by atoms with van der Waals surface area (Å²) in [5, 5.41) is 11.3. The first-order valence-corrected chi connectivity index (χ1v) is 6.80. The van der Waals surface area contributed by atoms with Gasteiger partial charge in [-0.25, -0.2) is 0 Å². The third kappa shape index (κ3) is 3.79. The van der Waals surface area contributed by atoms with Crippen LogP contribution >= 0.6 is 0 Å². The Hall–Kier alpha value is -2.40. The molecule has 110 valence electrons. The Labute approximate surface area is 124 Å². The first-order valence-electron chi connectivity index (χ1n) is 6.80. The van der Waals surface area contributed by atoms with Gasteiger partial charge in [-0.1, -0.05) is 30.3 Å². The number of hydrogen-bond acceptors (Lipinski definition) is 4. The van der Waals surface area contributed by atoms with Crippen LogP contribution in [-0.2, 0) is 0 Å². The average molecular weight is 285 g/mol. The quantitative estimate of drug-likeness (QED) is 0.603. The monoisotopic (exact) mass is 285 g/mol. The Kier molecular flexibility index (Phi) is 4.90. The number of likely N-dealkylation sites (N-methyl/N-ethyl adjacent to an activating group) is 1. The Bertz CT molecular complexity index is 599. The van der Waals surface area contributed by atoms with Crippen LogP contribution < -0.4 is 4.90 Å². The predicted molar refractivity (Wildman–Crippen MR) is 85.1 cm³/mol. The average Bonchev–Trinajstić information content (AvgIpc) is 2.48. The third-order valence-corrected chi connectivity index (χ3v) is 3.21. The summed E-state index contributed by atoms with van der Waals surface area (Å²) in [5.41, 5.74) is 1.70. The molecule has 0 saturated heterocycles. The van der Waals surface area contributed by atoms with Gasteiger partial charge in [0.15, 0.2) is 0 Å². The van der Waals surface area contributed by atoms with Crippen molar-refractivity contribution in [3.8, 4) is 0 Å². The van der Waals surface area contributed by atoms with Gasteiger partial charge in [0.1, 0.15) is 5.69 Å². The SMILES string of the molecule is CN(C)CCN(c1ccccc1)c1ccccc1[N+](=O)[O-]. The maximum atomic E-state index is 11.3. The fourth-order valence-corrected chi connectivity index (χ4v) is 2.14. The minimum atomic E-state index is -0.332. The number of nitrogens with zero attached hydrogens (tertiary/aromatic N) is 3. The third-order valence-electron chi connectivity index (χ3n) is 3.21. The van der Waals surface area contributed by atoms with Crippen LogP contribution in [0.1, 0.15) is 0 Å². The molecule has 0 aliphatic carbocycles. The Balaban J connectivity index is 2.42. The van der Waals surface area contributed by atoms with Crippen molar-refractivity contribution in [2.45, 2.75) is 0 Å². The highest BCUT2D eigenvalue weighted by Gasteiger charge is 2.19. The number of para-hydroxylation sites is 3. The first kappa shape index (κ1) is 15.0. The van der Waals surface area contributed by atoms with Crippen molar-refractivity contribution in [3.63, 3.8) is 0 Å². The molecule has 0 atom stereocenters. The van der Waals surface area contributed by atoms with Crippen LogP contribution in [0.3, 0.4) is 0 Å². The predicted octanol–water partition coefficient (Wildman–Crippen LogP) is 3.29. The Morgan fingerprint density at radius 1 is 0.952 bits per heavy atom. The maximum absolute atomic E-state index is 11.3. The van der Waals surface area contributed by atoms with Crippen LogP contribution in [0.5, 0.6) is 0 Å². The maximum Gasteiger partial charge on any atom is 0.292 e. The number of benzene rings is 2. The van der Waals surface area contributed by atoms with Gasteiger partial charge >= 0.3 is 0 Å². The van der Waals surface area contributed by atoms with Gasteiger partial charge in [-0.15, -0.1) is 0 Å². The highest BCUT2D eigenvalue weighted by molar-refractivity contribution is 5.72. The fraction of sp³-hybridized carbons (Fsp3) is 0.250. The van der Waals surface area contributed by atoms with Crippen LogP contribution in [0.25, 0.3) is 0 Å². The number of rotatable bonds is 6. The van der Waals surface area contributed by atoms with Crippen LogP contribution in [0.2, 0.25) is 0 Å². The molecule has 2 aromatic carbocycles. The largest absolute Gasteiger partial charge is 0.335 e. The van der Waals surface area contributed by atoms with E-state index in [1.165, 1.54) is 0 Å². The van der Waals surface area contributed by atoms with E-state index in [1.54, 1.807) is 18.2 Å². The minimum absolute atomic E-state index is 0.125. The second-order valence-corrected chi connectivity index (χ2v) is 5.04. The molecule has 0 saturated carbocycles. The summed E-state index contributed by atoms with van der Waals surface area (Å²) >= 11 is 0. The van der Waals surface area contributed by atoms with E-state index in [4.69, 9.17) is 0 Å². The molecule has 0 spiro atoms. The lowest BCUT2D eigenvalue weighted by Crippen LogP contribution is -2.28. The Morgan fingerprint density at radius 3 is 2.19 bits per heavy atom. The van der Waals surface area contributed by atoms with Crippen molar-refractivity contribution < 1.29 is 4.92 Å². The van der Waals surface area contributed by atoms with Crippen molar-refractivity contribution in [1.82, 2.24) is 4.90 Å². The molecule has 0 aliphatic rings. The van der Waals surface area contributed by atoms with Gasteiger partial charge in [0.25, 0.3) is 5.69 Å². The number of anilines is 2. The first-order chi connectivity index (χ1) is 10.1. The molecule has 21 heavy (non-hydrogen) atoms. The molecule has 0 aliphatic heterocycles. The molecule has 0 fully saturated rings. The smallest absolute Gasteiger partial charge is 0.292 e. The summed E-state index contributed by atoms with van der Waals surface area (Å²) < 4.78 is 0. The molecular formula is C16H19N3O2. The number of nitro benzene ring substituents is 1. The zero-order valence-electron chi connectivity index (χ0n) is 12.3. The van der Waals surface area contributed by atoms with E-state index in [0.717, 1.165) is 12.2 Å². The summed E-state index contributed by atoms with van der Waals surface area (Å²) in [6, 6.07) is 16.6. The van der Waals surface area contributed by atoms with Crippen LogP contribution in [-0.4, -0.2) is 37.0 Å². The van der Waals surface area contributed by atoms with Crippen molar-refractivity contribution in [1.29, 1.82) is 0 Å². The second-order valence-electron chi connectivity index (χ2n) is 5.04. The number of nitro groups is 1. The lowest BCUT2D eigenvalue weighted by atomic mass is 10.2. The molecule has 0 bridgehead atoms. The number of hydrogen-bond donors (Lipinski definition) is 0. The van der Waals surface area contributed by atoms with Gasteiger partial charge < -0.3 is 9.80 Å². The molecule has 5 heteroatoms. The van der Waals surface area contributed by atoms with Gasteiger partial charge in [-0.05, 0) is 32.3 Å². The van der Waals surface area contributed by atoms with Gasteiger partial charge in [-0.2, -0.15) is 0 Å². The lowest BCUT2D eigenvalue weighted by molar-refractivity contribution is -0.384. The minimum Gasteiger partial charge on any atom is -0.335 e. The van der Waals surface area contributed by atoms with Gasteiger partial charge in [0.05, 0.1) is 4.92 Å². The molecular weight excluding hydrogens is 266 g/mol. The summed E-state index contributed by atoms with van der Waals surface area (Å²) in [6.45, 7) is 1.49. The van der Waals surface area contributed by atoms with Gasteiger partial charge in [0.2, 0.25) is 0 Å². The fourth-order valence-electron chi connectivity index (χ4n) is 2.14. The molecule has 5 nitrogen and oxygen atoms in total. The standard InChI is InChI=1S/C16H19N3O2/c1-17(2)12-13-18(14-8-4-3-5-9-14)15-10-6-7-11-16(15)19(20)21/h3-11H,12-13H2,1-2H3. The van der Waals surface area contributed by atoms with Gasteiger partial charge in [0, 0.05) is 24.8 Å². The van der Waals surface area contributed by atoms with Crippen LogP contribution in [0.4, 0.5) is 17.1 Å². The molecule has 0 amide bonds. The highest BCUT2D eigenvalue weighted by Crippen LogP contribution is 2.32. The molecule has 0 aromatic heterocycles. The van der Waals surface area contributed by atoms with Gasteiger partial charge in [-0.3, -0.25) is 10.1 Å². The van der Waals surface area contributed by atoms with E-state index < -0.39 is 0 Å². The van der Waals surface area contributed by atoms with E-state index >= 15 is 0 Å². The Morgan fingerprint density at radius 2 is 1.57 bits per heavy atom. The molecule has 0 N–H and O–H groups in total. The summed E-state index contributed by atoms with van der Waals surface area (Å²) in [7, 11) is 3.98. The second kappa shape index (κ2) is 6.85. The van der Waals surface area contributed by atoms with Crippen molar-refractivity contribution >= 4 is 17.1 Å². The summed E-state index contributed by atoms with van der Waals surface area (Å²) in [4.78, 5) is 15.0. The van der Waals surface area contributed by atoms with E-state index in [1.807, 2.05) is 55.4 Å². The summed E-state index contributed by atoms with van der Waals surface area (Å²) in [5.74, 6) is 0. The highest BCUT2D eigenvalue weighted by atomic mass is 16.6. The molecule has 0 unspecified atom stereocenters. The molecule has 0 radical (unpaired) electrons. The van der Waals surface area contributed by atoms with E-state index in [9.17, 15) is 10.1 Å². The zero-order chi connectivity index (χ0) is 15.2. The summed E-state index contributed by atoms with van der Waals surface area (Å²) in [6.07, 6.45) is 0. The topological polar surface area (TPSA) is 49.6 Å². The van der Waals surface area contributed by atoms with E-state index in [2.05, 4.69) is 4.90 Å². The van der Waals surface area contributed by atoms with Crippen LogP contribution in [0, 0.1) is 10.1 Å². The molecule has 0 heterocycles. The van der Waals surface area contributed by atoms with Crippen molar-refractivity contribution in [3.05, 3.63) is 64.7 Å². The van der Waals surface area contributed by atoms with E-state index in [-0.39, 0.29) is 10.6 Å². The zero-order valence-corrected chi connectivity index (χ0v) is 12.3. The van der Waals surface area contributed by atoms with Crippen LogP contribution in [0.15, 0.2) is 54.6 Å². The molecule has 2 aromatic rings. The van der Waals surface area contributed by atoms with E-state index in [0.29, 0.717) is 12.2 Å². The molecule has 2 rings (SSSR count). The normalized spacial score (nSPS) is 10.6.